The van der Waals surface area contributed by atoms with Crippen molar-refractivity contribution < 1.29 is 14.0 Å². The summed E-state index contributed by atoms with van der Waals surface area (Å²) in [5.41, 5.74) is 4.06. The fourth-order valence-electron chi connectivity index (χ4n) is 4.90. The van der Waals surface area contributed by atoms with E-state index in [1.165, 1.54) is 5.56 Å². The summed E-state index contributed by atoms with van der Waals surface area (Å²) in [4.78, 5) is 33.2. The zero-order chi connectivity index (χ0) is 22.9. The van der Waals surface area contributed by atoms with Gasteiger partial charge in [-0.1, -0.05) is 30.3 Å². The first-order valence-electron chi connectivity index (χ1n) is 11.6. The van der Waals surface area contributed by atoms with Crippen LogP contribution in [0, 0.1) is 12.8 Å². The molecule has 1 saturated heterocycles. The molecule has 8 nitrogen and oxygen atoms in total. The highest BCUT2D eigenvalue weighted by molar-refractivity contribution is 5.80. The quantitative estimate of drug-likeness (QED) is 0.614. The summed E-state index contributed by atoms with van der Waals surface area (Å²) < 4.78 is 7.85. The summed E-state index contributed by atoms with van der Waals surface area (Å²) in [6, 6.07) is 10.3. The van der Waals surface area contributed by atoms with Crippen LogP contribution >= 0.6 is 0 Å². The minimum Gasteiger partial charge on any atom is -0.440 e. The third kappa shape index (κ3) is 4.29. The van der Waals surface area contributed by atoms with Gasteiger partial charge in [-0.3, -0.25) is 14.3 Å². The monoisotopic (exact) mass is 447 g/mol. The number of oxazole rings is 1. The summed E-state index contributed by atoms with van der Waals surface area (Å²) >= 11 is 0. The van der Waals surface area contributed by atoms with Crippen LogP contribution in [0.4, 0.5) is 0 Å². The Kier molecular flexibility index (Phi) is 5.74. The number of hydrogen-bond donors (Lipinski definition) is 0. The number of likely N-dealkylation sites (tertiary alicyclic amines) is 1. The Morgan fingerprint density at radius 3 is 2.52 bits per heavy atom. The molecule has 0 saturated carbocycles. The van der Waals surface area contributed by atoms with Gasteiger partial charge in [-0.25, -0.2) is 4.98 Å². The number of benzene rings is 1. The topological polar surface area (TPSA) is 84.5 Å². The molecule has 0 spiro atoms. The second kappa shape index (κ2) is 8.84. The Morgan fingerprint density at radius 1 is 1.09 bits per heavy atom. The molecule has 1 aromatic carbocycles. The van der Waals surface area contributed by atoms with Gasteiger partial charge in [0, 0.05) is 56.7 Å². The van der Waals surface area contributed by atoms with Gasteiger partial charge in [0.15, 0.2) is 5.69 Å². The molecule has 172 valence electrons. The SMILES string of the molecule is CC(=O)N1CCC(C(=O)N2CCc3c(c(-c4ncc(C)o4)nn3Cc3ccccc3)C2)CC1. The normalized spacial score (nSPS) is 16.7. The van der Waals surface area contributed by atoms with Crippen molar-refractivity contribution in [3.63, 3.8) is 0 Å². The molecule has 2 aliphatic heterocycles. The van der Waals surface area contributed by atoms with E-state index in [1.807, 2.05) is 39.6 Å². The molecular formula is C25H29N5O3. The molecular weight excluding hydrogens is 418 g/mol. The second-order valence-corrected chi connectivity index (χ2v) is 8.98. The number of carbonyl (C=O) groups is 2. The first-order valence-corrected chi connectivity index (χ1v) is 11.6. The molecule has 5 rings (SSSR count). The number of fused-ring (bicyclic) bond motifs is 1. The number of carbonyl (C=O) groups excluding carboxylic acids is 2. The number of rotatable bonds is 4. The van der Waals surface area contributed by atoms with Gasteiger partial charge in [-0.15, -0.1) is 0 Å². The van der Waals surface area contributed by atoms with Crippen LogP contribution in [0.3, 0.4) is 0 Å². The van der Waals surface area contributed by atoms with Gasteiger partial charge in [0.05, 0.1) is 12.7 Å². The van der Waals surface area contributed by atoms with E-state index in [1.54, 1.807) is 13.1 Å². The van der Waals surface area contributed by atoms with Crippen LogP contribution in [0.1, 0.15) is 42.3 Å². The van der Waals surface area contributed by atoms with Crippen molar-refractivity contribution in [3.8, 4) is 11.6 Å². The maximum absolute atomic E-state index is 13.3. The summed E-state index contributed by atoms with van der Waals surface area (Å²) in [5.74, 6) is 1.46. The van der Waals surface area contributed by atoms with E-state index in [-0.39, 0.29) is 17.7 Å². The van der Waals surface area contributed by atoms with E-state index in [0.29, 0.717) is 38.6 Å². The van der Waals surface area contributed by atoms with Crippen molar-refractivity contribution in [2.24, 2.45) is 5.92 Å². The van der Waals surface area contributed by atoms with Gasteiger partial charge < -0.3 is 14.2 Å². The average molecular weight is 448 g/mol. The summed E-state index contributed by atoms with van der Waals surface area (Å²) in [5, 5.41) is 4.88. The number of aromatic nitrogens is 3. The average Bonchev–Trinajstić information content (AvgIpc) is 3.42. The largest absolute Gasteiger partial charge is 0.440 e. The standard InChI is InChI=1S/C25H29N5O3/c1-17-14-26-24(33-17)23-21-16-29(25(32)20-8-11-28(12-9-20)18(2)31)13-10-22(21)30(27-23)15-19-6-4-3-5-7-19/h3-7,14,20H,8-13,15-16H2,1-2H3. The molecule has 0 bridgehead atoms. The van der Waals surface area contributed by atoms with Crippen LogP contribution in [-0.2, 0) is 29.1 Å². The van der Waals surface area contributed by atoms with E-state index in [0.717, 1.165) is 42.0 Å². The van der Waals surface area contributed by atoms with Crippen molar-refractivity contribution in [3.05, 3.63) is 59.1 Å². The van der Waals surface area contributed by atoms with Gasteiger partial charge in [-0.2, -0.15) is 5.10 Å². The fraction of sp³-hybridized carbons (Fsp3) is 0.440. The van der Waals surface area contributed by atoms with Crippen LogP contribution < -0.4 is 0 Å². The van der Waals surface area contributed by atoms with Gasteiger partial charge in [-0.05, 0) is 25.3 Å². The highest BCUT2D eigenvalue weighted by Crippen LogP contribution is 2.32. The van der Waals surface area contributed by atoms with E-state index in [2.05, 4.69) is 17.1 Å². The fourth-order valence-corrected chi connectivity index (χ4v) is 4.90. The molecule has 0 radical (unpaired) electrons. The minimum atomic E-state index is -0.0334. The number of amides is 2. The van der Waals surface area contributed by atoms with E-state index in [4.69, 9.17) is 9.52 Å². The van der Waals surface area contributed by atoms with Crippen molar-refractivity contribution in [2.45, 2.75) is 46.2 Å². The lowest BCUT2D eigenvalue weighted by Crippen LogP contribution is -2.45. The molecule has 33 heavy (non-hydrogen) atoms. The molecule has 2 aliphatic rings. The van der Waals surface area contributed by atoms with Crippen molar-refractivity contribution in [1.29, 1.82) is 0 Å². The first kappa shape index (κ1) is 21.4. The van der Waals surface area contributed by atoms with Gasteiger partial charge in [0.2, 0.25) is 17.7 Å². The highest BCUT2D eigenvalue weighted by Gasteiger charge is 2.34. The van der Waals surface area contributed by atoms with Gasteiger partial charge in [0.1, 0.15) is 5.76 Å². The number of piperidine rings is 1. The van der Waals surface area contributed by atoms with Crippen LogP contribution in [0.5, 0.6) is 0 Å². The maximum atomic E-state index is 13.3. The molecule has 0 atom stereocenters. The highest BCUT2D eigenvalue weighted by atomic mass is 16.4. The third-order valence-corrected chi connectivity index (χ3v) is 6.73. The van der Waals surface area contributed by atoms with Crippen molar-refractivity contribution in [1.82, 2.24) is 24.6 Å². The molecule has 4 heterocycles. The zero-order valence-electron chi connectivity index (χ0n) is 19.2. The summed E-state index contributed by atoms with van der Waals surface area (Å²) in [6.07, 6.45) is 3.89. The third-order valence-electron chi connectivity index (χ3n) is 6.73. The lowest BCUT2D eigenvalue weighted by atomic mass is 9.93. The Bertz CT molecular complexity index is 1160. The van der Waals surface area contributed by atoms with Crippen LogP contribution in [-0.4, -0.2) is 56.0 Å². The lowest BCUT2D eigenvalue weighted by Gasteiger charge is -2.35. The molecule has 2 aromatic heterocycles. The molecule has 1 fully saturated rings. The Balaban J connectivity index is 1.40. The molecule has 2 amide bonds. The second-order valence-electron chi connectivity index (χ2n) is 8.98. The zero-order valence-corrected chi connectivity index (χ0v) is 19.2. The predicted molar refractivity (Wildman–Crippen MR) is 122 cm³/mol. The summed E-state index contributed by atoms with van der Waals surface area (Å²) in [7, 11) is 0. The number of hydrogen-bond acceptors (Lipinski definition) is 5. The molecule has 0 N–H and O–H groups in total. The maximum Gasteiger partial charge on any atom is 0.247 e. The van der Waals surface area contributed by atoms with Crippen molar-refractivity contribution in [2.75, 3.05) is 19.6 Å². The molecule has 0 aliphatic carbocycles. The Labute approximate surface area is 193 Å². The van der Waals surface area contributed by atoms with Crippen LogP contribution in [0.15, 0.2) is 40.9 Å². The molecule has 0 unspecified atom stereocenters. The Hall–Kier alpha value is -3.42. The minimum absolute atomic E-state index is 0.0334. The smallest absolute Gasteiger partial charge is 0.247 e. The van der Waals surface area contributed by atoms with Crippen LogP contribution in [0.25, 0.3) is 11.6 Å². The molecule has 3 aromatic rings. The van der Waals surface area contributed by atoms with E-state index in [9.17, 15) is 9.59 Å². The lowest BCUT2D eigenvalue weighted by molar-refractivity contribution is -0.140. The Morgan fingerprint density at radius 2 is 1.85 bits per heavy atom. The van der Waals surface area contributed by atoms with Crippen LogP contribution in [0.2, 0.25) is 0 Å². The van der Waals surface area contributed by atoms with Gasteiger partial charge >= 0.3 is 0 Å². The van der Waals surface area contributed by atoms with Crippen molar-refractivity contribution >= 4 is 11.8 Å². The molecule has 8 heteroatoms. The van der Waals surface area contributed by atoms with Gasteiger partial charge in [0.25, 0.3) is 0 Å². The predicted octanol–water partition coefficient (Wildman–Crippen LogP) is 3.04. The summed E-state index contributed by atoms with van der Waals surface area (Å²) in [6.45, 7) is 6.61. The van der Waals surface area contributed by atoms with E-state index >= 15 is 0 Å². The van der Waals surface area contributed by atoms with E-state index < -0.39 is 0 Å². The first-order chi connectivity index (χ1) is 16.0. The number of nitrogens with zero attached hydrogens (tertiary/aromatic N) is 5. The number of aryl methyl sites for hydroxylation is 1.